The first-order chi connectivity index (χ1) is 10.4. The van der Waals surface area contributed by atoms with Crippen molar-refractivity contribution in [2.75, 3.05) is 25.1 Å². The molecule has 0 aliphatic carbocycles. The first-order valence-electron chi connectivity index (χ1n) is 7.32. The second-order valence-electron chi connectivity index (χ2n) is 4.98. The van der Waals surface area contributed by atoms with Crippen LogP contribution in [0.2, 0.25) is 0 Å². The summed E-state index contributed by atoms with van der Waals surface area (Å²) in [4.78, 5) is 2.43. The Balaban J connectivity index is 1.93. The molecule has 0 heterocycles. The molecule has 2 aromatic carbocycles. The number of hydrogen-bond donors (Lipinski definition) is 0. The van der Waals surface area contributed by atoms with Crippen molar-refractivity contribution in [2.24, 2.45) is 0 Å². The molecule has 0 saturated carbocycles. The molecule has 0 aromatic heterocycles. The van der Waals surface area contributed by atoms with E-state index in [9.17, 15) is 0 Å². The maximum atomic E-state index is 5.60. The van der Waals surface area contributed by atoms with Crippen molar-refractivity contribution in [3.8, 4) is 0 Å². The van der Waals surface area contributed by atoms with Crippen molar-refractivity contribution in [2.45, 2.75) is 13.1 Å². The first kappa shape index (κ1) is 16.2. The summed E-state index contributed by atoms with van der Waals surface area (Å²) in [5.41, 5.74) is 2.68. The van der Waals surface area contributed by atoms with Gasteiger partial charge in [-0.05, 0) is 11.1 Å². The Morgan fingerprint density at radius 1 is 0.762 bits per heavy atom. The summed E-state index contributed by atoms with van der Waals surface area (Å²) in [5.74, 6) is 0. The van der Waals surface area contributed by atoms with Crippen molar-refractivity contribution in [1.82, 2.24) is 4.90 Å². The van der Waals surface area contributed by atoms with Crippen LogP contribution in [-0.4, -0.2) is 30.0 Å². The van der Waals surface area contributed by atoms with Crippen LogP contribution in [0.25, 0.3) is 0 Å². The summed E-state index contributed by atoms with van der Waals surface area (Å²) in [7, 11) is 0. The van der Waals surface area contributed by atoms with Crippen LogP contribution in [0.4, 0.5) is 0 Å². The average Bonchev–Trinajstić information content (AvgIpc) is 2.53. The molecule has 0 aliphatic rings. The normalized spacial score (nSPS) is 11.0. The zero-order valence-corrected chi connectivity index (χ0v) is 13.8. The largest absolute Gasteiger partial charge is 0.379 e. The van der Waals surface area contributed by atoms with Crippen molar-refractivity contribution < 1.29 is 4.74 Å². The van der Waals surface area contributed by atoms with Crippen molar-refractivity contribution >= 4 is 15.9 Å². The molecule has 0 N–H and O–H groups in total. The maximum absolute atomic E-state index is 5.60. The monoisotopic (exact) mass is 347 g/mol. The van der Waals surface area contributed by atoms with Gasteiger partial charge in [0.15, 0.2) is 0 Å². The van der Waals surface area contributed by atoms with Crippen molar-refractivity contribution in [1.29, 1.82) is 0 Å². The number of rotatable bonds is 9. The standard InChI is InChI=1S/C18H22BrNO/c19-11-13-21-14-12-20(15-17-7-3-1-4-8-17)16-18-9-5-2-6-10-18/h1-10H,11-16H2. The van der Waals surface area contributed by atoms with Gasteiger partial charge in [-0.2, -0.15) is 0 Å². The van der Waals surface area contributed by atoms with Crippen LogP contribution >= 0.6 is 15.9 Å². The first-order valence-corrected chi connectivity index (χ1v) is 8.44. The lowest BCUT2D eigenvalue weighted by Gasteiger charge is -2.22. The van der Waals surface area contributed by atoms with E-state index in [1.54, 1.807) is 0 Å². The van der Waals surface area contributed by atoms with Crippen LogP contribution < -0.4 is 0 Å². The maximum Gasteiger partial charge on any atom is 0.0594 e. The Bertz CT molecular complexity index is 448. The topological polar surface area (TPSA) is 12.5 Å². The number of alkyl halides is 1. The SMILES string of the molecule is BrCCOCCN(Cc1ccccc1)Cc1ccccc1. The molecule has 0 fully saturated rings. The molecule has 3 heteroatoms. The van der Waals surface area contributed by atoms with Crippen LogP contribution in [-0.2, 0) is 17.8 Å². The summed E-state index contributed by atoms with van der Waals surface area (Å²) in [5, 5.41) is 0.893. The highest BCUT2D eigenvalue weighted by molar-refractivity contribution is 9.09. The number of benzene rings is 2. The number of hydrogen-bond acceptors (Lipinski definition) is 2. The van der Waals surface area contributed by atoms with Gasteiger partial charge >= 0.3 is 0 Å². The molecule has 112 valence electrons. The minimum Gasteiger partial charge on any atom is -0.379 e. The van der Waals surface area contributed by atoms with Gasteiger partial charge in [0.1, 0.15) is 0 Å². The highest BCUT2D eigenvalue weighted by atomic mass is 79.9. The lowest BCUT2D eigenvalue weighted by Crippen LogP contribution is -2.27. The molecule has 0 unspecified atom stereocenters. The fourth-order valence-electron chi connectivity index (χ4n) is 2.25. The summed E-state index contributed by atoms with van der Waals surface area (Å²) in [6, 6.07) is 21.2. The molecule has 21 heavy (non-hydrogen) atoms. The van der Waals surface area contributed by atoms with Gasteiger partial charge < -0.3 is 4.74 Å². The average molecular weight is 348 g/mol. The second kappa shape index (κ2) is 9.72. The molecule has 0 amide bonds. The highest BCUT2D eigenvalue weighted by Crippen LogP contribution is 2.09. The third-order valence-corrected chi connectivity index (χ3v) is 3.60. The van der Waals surface area contributed by atoms with E-state index in [2.05, 4.69) is 81.5 Å². The number of ether oxygens (including phenoxy) is 1. The van der Waals surface area contributed by atoms with E-state index in [1.807, 2.05) is 0 Å². The number of halogens is 1. The predicted molar refractivity (Wildman–Crippen MR) is 91.6 cm³/mol. The van der Waals surface area contributed by atoms with Gasteiger partial charge in [0.25, 0.3) is 0 Å². The van der Waals surface area contributed by atoms with Gasteiger partial charge in [-0.1, -0.05) is 76.6 Å². The minimum atomic E-state index is 0.768. The van der Waals surface area contributed by atoms with Crippen LogP contribution in [0, 0.1) is 0 Å². The number of nitrogens with zero attached hydrogens (tertiary/aromatic N) is 1. The molecule has 0 bridgehead atoms. The summed E-state index contributed by atoms with van der Waals surface area (Å²) >= 11 is 3.39. The summed E-state index contributed by atoms with van der Waals surface area (Å²) < 4.78 is 5.60. The zero-order valence-electron chi connectivity index (χ0n) is 12.2. The van der Waals surface area contributed by atoms with Gasteiger partial charge in [0.05, 0.1) is 13.2 Å². The van der Waals surface area contributed by atoms with Crippen molar-refractivity contribution in [3.05, 3.63) is 71.8 Å². The van der Waals surface area contributed by atoms with Crippen LogP contribution in [0.5, 0.6) is 0 Å². The fourth-order valence-corrected chi connectivity index (χ4v) is 2.48. The molecule has 0 radical (unpaired) electrons. The molecule has 0 aliphatic heterocycles. The minimum absolute atomic E-state index is 0.768. The van der Waals surface area contributed by atoms with Crippen LogP contribution in [0.15, 0.2) is 60.7 Å². The Kier molecular flexibility index (Phi) is 7.50. The van der Waals surface area contributed by atoms with Crippen LogP contribution in [0.3, 0.4) is 0 Å². The lowest BCUT2D eigenvalue weighted by molar-refractivity contribution is 0.110. The van der Waals surface area contributed by atoms with E-state index in [4.69, 9.17) is 4.74 Å². The van der Waals surface area contributed by atoms with Gasteiger partial charge in [0, 0.05) is 25.0 Å². The van der Waals surface area contributed by atoms with Gasteiger partial charge in [-0.15, -0.1) is 0 Å². The molecular formula is C18H22BrNO. The van der Waals surface area contributed by atoms with E-state index >= 15 is 0 Å². The molecule has 0 saturated heterocycles. The molecule has 0 spiro atoms. The van der Waals surface area contributed by atoms with Gasteiger partial charge in [-0.3, -0.25) is 4.90 Å². The quantitative estimate of drug-likeness (QED) is 0.500. The van der Waals surface area contributed by atoms with E-state index in [1.165, 1.54) is 11.1 Å². The summed E-state index contributed by atoms with van der Waals surface area (Å²) in [6.45, 7) is 4.38. The molecule has 2 rings (SSSR count). The fraction of sp³-hybridized carbons (Fsp3) is 0.333. The molecule has 0 atom stereocenters. The van der Waals surface area contributed by atoms with E-state index in [0.717, 1.165) is 38.2 Å². The Labute approximate surface area is 135 Å². The zero-order chi connectivity index (χ0) is 14.8. The Morgan fingerprint density at radius 2 is 1.29 bits per heavy atom. The smallest absolute Gasteiger partial charge is 0.0594 e. The highest BCUT2D eigenvalue weighted by Gasteiger charge is 2.07. The van der Waals surface area contributed by atoms with Gasteiger partial charge in [0.2, 0.25) is 0 Å². The van der Waals surface area contributed by atoms with E-state index in [0.29, 0.717) is 0 Å². The van der Waals surface area contributed by atoms with Crippen molar-refractivity contribution in [3.63, 3.8) is 0 Å². The molecule has 2 aromatic rings. The lowest BCUT2D eigenvalue weighted by atomic mass is 10.1. The second-order valence-corrected chi connectivity index (χ2v) is 5.78. The predicted octanol–water partition coefficient (Wildman–Crippen LogP) is 4.10. The molecular weight excluding hydrogens is 326 g/mol. The summed E-state index contributed by atoms with van der Waals surface area (Å²) in [6.07, 6.45) is 0. The Hall–Kier alpha value is -1.16. The van der Waals surface area contributed by atoms with Gasteiger partial charge in [-0.25, -0.2) is 0 Å². The van der Waals surface area contributed by atoms with Crippen LogP contribution in [0.1, 0.15) is 11.1 Å². The third kappa shape index (κ3) is 6.42. The van der Waals surface area contributed by atoms with E-state index in [-0.39, 0.29) is 0 Å². The van der Waals surface area contributed by atoms with E-state index < -0.39 is 0 Å². The third-order valence-electron chi connectivity index (χ3n) is 3.27. The molecule has 2 nitrogen and oxygen atoms in total. The Morgan fingerprint density at radius 3 is 1.76 bits per heavy atom.